The van der Waals surface area contributed by atoms with Gasteiger partial charge in [0, 0.05) is 6.04 Å². The van der Waals surface area contributed by atoms with E-state index in [9.17, 15) is 5.11 Å². The van der Waals surface area contributed by atoms with Crippen LogP contribution >= 0.6 is 0 Å². The first kappa shape index (κ1) is 7.72. The number of hydrogen-bond acceptors (Lipinski definition) is 3. The molecule has 1 aliphatic heterocycles. The minimum Gasteiger partial charge on any atom is -0.389 e. The summed E-state index contributed by atoms with van der Waals surface area (Å²) in [5.41, 5.74) is 5.57. The summed E-state index contributed by atoms with van der Waals surface area (Å²) in [6.45, 7) is 0.940. The Balaban J connectivity index is 2.41. The molecule has 1 rings (SSSR count). The fourth-order valence-corrected chi connectivity index (χ4v) is 0.859. The Morgan fingerprint density at radius 3 is 3.10 bits per heavy atom. The molecule has 0 aliphatic carbocycles. The largest absolute Gasteiger partial charge is 0.389 e. The van der Waals surface area contributed by atoms with Crippen LogP contribution in [0.3, 0.4) is 0 Å². The normalized spacial score (nSPS) is 38.2. The fourth-order valence-electron chi connectivity index (χ4n) is 0.859. The summed E-state index contributed by atoms with van der Waals surface area (Å²) >= 11 is 0. The van der Waals surface area contributed by atoms with Gasteiger partial charge >= 0.3 is 0 Å². The number of ether oxygens (including phenoxy) is 1. The van der Waals surface area contributed by atoms with Crippen LogP contribution in [0.15, 0.2) is 12.2 Å². The van der Waals surface area contributed by atoms with Crippen molar-refractivity contribution >= 4 is 0 Å². The minimum absolute atomic E-state index is 0.170. The molecule has 1 heterocycles. The van der Waals surface area contributed by atoms with Crippen molar-refractivity contribution in [2.24, 2.45) is 5.73 Å². The minimum atomic E-state index is -0.509. The average Bonchev–Trinajstić information content (AvgIpc) is 1.92. The van der Waals surface area contributed by atoms with Crippen LogP contribution in [0.25, 0.3) is 0 Å². The van der Waals surface area contributed by atoms with Crippen LogP contribution < -0.4 is 5.73 Å². The standard InChI is InChI=1S/C7H13NO2/c8-6-3-1-2-4-10-5-7(6)9/h1-2,6-7,9H,3-5,8H2/b2-1-/t6?,7-/m1/s1. The molecular weight excluding hydrogens is 130 g/mol. The molecule has 0 bridgehead atoms. The molecule has 0 saturated heterocycles. The van der Waals surface area contributed by atoms with E-state index in [4.69, 9.17) is 10.5 Å². The smallest absolute Gasteiger partial charge is 0.0927 e. The van der Waals surface area contributed by atoms with E-state index in [0.717, 1.165) is 6.42 Å². The number of aliphatic hydroxyl groups is 1. The van der Waals surface area contributed by atoms with E-state index in [2.05, 4.69) is 0 Å². The van der Waals surface area contributed by atoms with Gasteiger partial charge in [-0.25, -0.2) is 0 Å². The summed E-state index contributed by atoms with van der Waals surface area (Å²) in [7, 11) is 0. The Hall–Kier alpha value is -0.380. The molecule has 1 aliphatic rings. The molecule has 3 N–H and O–H groups in total. The van der Waals surface area contributed by atoms with E-state index in [0.29, 0.717) is 13.2 Å². The molecule has 0 aromatic rings. The first-order valence-corrected chi connectivity index (χ1v) is 3.47. The second-order valence-electron chi connectivity index (χ2n) is 2.48. The van der Waals surface area contributed by atoms with Crippen molar-refractivity contribution < 1.29 is 9.84 Å². The zero-order valence-corrected chi connectivity index (χ0v) is 5.86. The third-order valence-corrected chi connectivity index (χ3v) is 1.57. The van der Waals surface area contributed by atoms with E-state index in [-0.39, 0.29) is 6.04 Å². The van der Waals surface area contributed by atoms with Crippen LogP contribution in [0.1, 0.15) is 6.42 Å². The van der Waals surface area contributed by atoms with Gasteiger partial charge in [0.15, 0.2) is 0 Å². The SMILES string of the molecule is NC1C/C=C\COC[C@H]1O. The van der Waals surface area contributed by atoms with E-state index in [1.165, 1.54) is 0 Å². The quantitative estimate of drug-likeness (QED) is 0.456. The zero-order chi connectivity index (χ0) is 7.40. The Morgan fingerprint density at radius 2 is 2.30 bits per heavy atom. The van der Waals surface area contributed by atoms with Crippen LogP contribution in [-0.2, 0) is 4.74 Å². The van der Waals surface area contributed by atoms with E-state index >= 15 is 0 Å². The lowest BCUT2D eigenvalue weighted by Crippen LogP contribution is -2.38. The molecule has 0 aromatic carbocycles. The van der Waals surface area contributed by atoms with Gasteiger partial charge in [0.05, 0.1) is 19.3 Å². The van der Waals surface area contributed by atoms with Gasteiger partial charge in [0.25, 0.3) is 0 Å². The first-order chi connectivity index (χ1) is 4.80. The second kappa shape index (κ2) is 3.71. The molecule has 0 spiro atoms. The van der Waals surface area contributed by atoms with Gasteiger partial charge < -0.3 is 15.6 Å². The van der Waals surface area contributed by atoms with E-state index in [1.807, 2.05) is 12.2 Å². The molecule has 58 valence electrons. The molecule has 0 radical (unpaired) electrons. The summed E-state index contributed by atoms with van der Waals surface area (Å²) in [6, 6.07) is -0.170. The highest BCUT2D eigenvalue weighted by Crippen LogP contribution is 2.01. The van der Waals surface area contributed by atoms with Crippen LogP contribution in [0.2, 0.25) is 0 Å². The molecular formula is C7H13NO2. The Kier molecular flexibility index (Phi) is 2.86. The van der Waals surface area contributed by atoms with Crippen molar-refractivity contribution in [2.45, 2.75) is 18.6 Å². The van der Waals surface area contributed by atoms with E-state index < -0.39 is 6.10 Å². The van der Waals surface area contributed by atoms with Gasteiger partial charge in [-0.15, -0.1) is 0 Å². The monoisotopic (exact) mass is 143 g/mol. The van der Waals surface area contributed by atoms with Gasteiger partial charge in [-0.2, -0.15) is 0 Å². The van der Waals surface area contributed by atoms with Crippen molar-refractivity contribution in [3.8, 4) is 0 Å². The lowest BCUT2D eigenvalue weighted by atomic mass is 10.1. The first-order valence-electron chi connectivity index (χ1n) is 3.47. The van der Waals surface area contributed by atoms with Gasteiger partial charge in [-0.3, -0.25) is 0 Å². The third-order valence-electron chi connectivity index (χ3n) is 1.57. The predicted molar refractivity (Wildman–Crippen MR) is 38.6 cm³/mol. The summed E-state index contributed by atoms with van der Waals surface area (Å²) in [6.07, 6.45) is 4.09. The maximum absolute atomic E-state index is 9.20. The summed E-state index contributed by atoms with van der Waals surface area (Å²) in [5.74, 6) is 0. The summed E-state index contributed by atoms with van der Waals surface area (Å²) in [5, 5.41) is 9.20. The van der Waals surface area contributed by atoms with Crippen molar-refractivity contribution in [3.63, 3.8) is 0 Å². The highest BCUT2D eigenvalue weighted by atomic mass is 16.5. The Bertz CT molecular complexity index is 125. The molecule has 3 nitrogen and oxygen atoms in total. The molecule has 0 amide bonds. The maximum Gasteiger partial charge on any atom is 0.0927 e. The van der Waals surface area contributed by atoms with Crippen molar-refractivity contribution in [2.75, 3.05) is 13.2 Å². The highest BCUT2D eigenvalue weighted by Gasteiger charge is 2.13. The highest BCUT2D eigenvalue weighted by molar-refractivity contribution is 4.89. The fraction of sp³-hybridized carbons (Fsp3) is 0.714. The van der Waals surface area contributed by atoms with Crippen LogP contribution in [0, 0.1) is 0 Å². The van der Waals surface area contributed by atoms with Crippen LogP contribution in [-0.4, -0.2) is 30.5 Å². The van der Waals surface area contributed by atoms with Crippen LogP contribution in [0.4, 0.5) is 0 Å². The molecule has 0 aromatic heterocycles. The number of hydrogen-bond donors (Lipinski definition) is 2. The van der Waals surface area contributed by atoms with Gasteiger partial charge in [-0.1, -0.05) is 12.2 Å². The van der Waals surface area contributed by atoms with Gasteiger partial charge in [-0.05, 0) is 6.42 Å². The predicted octanol–water partition coefficient (Wildman–Crippen LogP) is -0.349. The van der Waals surface area contributed by atoms with Gasteiger partial charge in [0.2, 0.25) is 0 Å². The molecule has 3 heteroatoms. The third kappa shape index (κ3) is 2.10. The average molecular weight is 143 g/mol. The molecule has 0 fully saturated rings. The molecule has 1 unspecified atom stereocenters. The van der Waals surface area contributed by atoms with Gasteiger partial charge in [0.1, 0.15) is 0 Å². The maximum atomic E-state index is 9.20. The number of aliphatic hydroxyl groups excluding tert-OH is 1. The molecule has 2 atom stereocenters. The van der Waals surface area contributed by atoms with E-state index in [1.54, 1.807) is 0 Å². The summed E-state index contributed by atoms with van der Waals surface area (Å²) in [4.78, 5) is 0. The van der Waals surface area contributed by atoms with Crippen LogP contribution in [0.5, 0.6) is 0 Å². The topological polar surface area (TPSA) is 55.5 Å². The lowest BCUT2D eigenvalue weighted by molar-refractivity contribution is 0.0320. The number of rotatable bonds is 0. The number of nitrogens with two attached hydrogens (primary N) is 1. The Morgan fingerprint density at radius 1 is 1.50 bits per heavy atom. The lowest BCUT2D eigenvalue weighted by Gasteiger charge is -2.18. The van der Waals surface area contributed by atoms with Crippen molar-refractivity contribution in [3.05, 3.63) is 12.2 Å². The zero-order valence-electron chi connectivity index (χ0n) is 5.86. The molecule has 10 heavy (non-hydrogen) atoms. The molecule has 0 saturated carbocycles. The Labute approximate surface area is 60.5 Å². The second-order valence-corrected chi connectivity index (χ2v) is 2.48. The van der Waals surface area contributed by atoms with Crippen molar-refractivity contribution in [1.29, 1.82) is 0 Å². The van der Waals surface area contributed by atoms with Crippen molar-refractivity contribution in [1.82, 2.24) is 0 Å². The summed E-state index contributed by atoms with van der Waals surface area (Å²) < 4.78 is 5.04.